The van der Waals surface area contributed by atoms with Gasteiger partial charge < -0.3 is 14.8 Å². The molecular formula is C14H13Br2NO3. The summed E-state index contributed by atoms with van der Waals surface area (Å²) in [7, 11) is 0. The number of hydrogen-bond acceptors (Lipinski definition) is 3. The summed E-state index contributed by atoms with van der Waals surface area (Å²) in [5.74, 6) is -0.493. The van der Waals surface area contributed by atoms with Crippen LogP contribution in [0.5, 0.6) is 0 Å². The first-order chi connectivity index (χ1) is 9.38. The number of carbonyl (C=O) groups is 1. The SMILES string of the molecule is Cc1cc(Br)c(NCc2cc(C(=O)O)oc2C)c(Br)c1. The van der Waals surface area contributed by atoms with Crippen molar-refractivity contribution in [1.82, 2.24) is 0 Å². The molecule has 6 heteroatoms. The summed E-state index contributed by atoms with van der Waals surface area (Å²) in [6.45, 7) is 4.25. The molecule has 0 aliphatic carbocycles. The highest BCUT2D eigenvalue weighted by molar-refractivity contribution is 9.11. The highest BCUT2D eigenvalue weighted by Gasteiger charge is 2.14. The van der Waals surface area contributed by atoms with Crippen LogP contribution in [-0.4, -0.2) is 11.1 Å². The smallest absolute Gasteiger partial charge is 0.371 e. The Balaban J connectivity index is 2.19. The van der Waals surface area contributed by atoms with Crippen LogP contribution in [0.1, 0.15) is 27.4 Å². The number of aromatic carboxylic acids is 1. The van der Waals surface area contributed by atoms with Crippen LogP contribution in [0, 0.1) is 13.8 Å². The highest BCUT2D eigenvalue weighted by atomic mass is 79.9. The number of carboxylic acid groups (broad SMARTS) is 1. The van der Waals surface area contributed by atoms with Gasteiger partial charge >= 0.3 is 5.97 Å². The van der Waals surface area contributed by atoms with Gasteiger partial charge in [0.15, 0.2) is 0 Å². The molecule has 0 saturated carbocycles. The maximum atomic E-state index is 10.9. The number of carboxylic acids is 1. The van der Waals surface area contributed by atoms with Crippen LogP contribution >= 0.6 is 31.9 Å². The van der Waals surface area contributed by atoms with Crippen molar-refractivity contribution in [2.45, 2.75) is 20.4 Å². The number of hydrogen-bond donors (Lipinski definition) is 2. The lowest BCUT2D eigenvalue weighted by molar-refractivity contribution is 0.0661. The molecule has 4 nitrogen and oxygen atoms in total. The Morgan fingerprint density at radius 1 is 1.25 bits per heavy atom. The second kappa shape index (κ2) is 6.01. The quantitative estimate of drug-likeness (QED) is 0.775. The molecular weight excluding hydrogens is 390 g/mol. The van der Waals surface area contributed by atoms with E-state index in [4.69, 9.17) is 9.52 Å². The minimum atomic E-state index is -1.06. The summed E-state index contributed by atoms with van der Waals surface area (Å²) >= 11 is 7.02. The molecule has 0 amide bonds. The van der Waals surface area contributed by atoms with Gasteiger partial charge in [0, 0.05) is 21.1 Å². The average Bonchev–Trinajstić information content (AvgIpc) is 2.70. The second-order valence-corrected chi connectivity index (χ2v) is 6.16. The van der Waals surface area contributed by atoms with Gasteiger partial charge in [-0.25, -0.2) is 4.79 Å². The molecule has 1 aromatic heterocycles. The van der Waals surface area contributed by atoms with Crippen LogP contribution in [0.4, 0.5) is 5.69 Å². The van der Waals surface area contributed by atoms with Crippen LogP contribution in [0.3, 0.4) is 0 Å². The number of anilines is 1. The van der Waals surface area contributed by atoms with Crippen molar-refractivity contribution in [3.63, 3.8) is 0 Å². The van der Waals surface area contributed by atoms with Crippen LogP contribution in [0.25, 0.3) is 0 Å². The molecule has 0 radical (unpaired) electrons. The van der Waals surface area contributed by atoms with Crippen molar-refractivity contribution in [2.24, 2.45) is 0 Å². The molecule has 2 rings (SSSR count). The maximum absolute atomic E-state index is 10.9. The fraction of sp³-hybridized carbons (Fsp3) is 0.214. The van der Waals surface area contributed by atoms with Gasteiger partial charge in [-0.3, -0.25) is 0 Å². The van der Waals surface area contributed by atoms with Crippen molar-refractivity contribution in [2.75, 3.05) is 5.32 Å². The van der Waals surface area contributed by atoms with Crippen LogP contribution in [-0.2, 0) is 6.54 Å². The normalized spacial score (nSPS) is 10.6. The molecule has 0 fully saturated rings. The summed E-state index contributed by atoms with van der Waals surface area (Å²) in [5, 5.41) is 12.2. The van der Waals surface area contributed by atoms with E-state index in [2.05, 4.69) is 37.2 Å². The average molecular weight is 403 g/mol. The van der Waals surface area contributed by atoms with Crippen LogP contribution in [0.15, 0.2) is 31.6 Å². The third kappa shape index (κ3) is 3.24. The van der Waals surface area contributed by atoms with E-state index < -0.39 is 5.97 Å². The first-order valence-corrected chi connectivity index (χ1v) is 7.49. The summed E-state index contributed by atoms with van der Waals surface area (Å²) in [6, 6.07) is 5.57. The van der Waals surface area contributed by atoms with Gasteiger partial charge in [-0.15, -0.1) is 0 Å². The standard InChI is InChI=1S/C14H13Br2NO3/c1-7-3-10(15)13(11(16)4-7)17-6-9-5-12(14(18)19)20-8(9)2/h3-5,17H,6H2,1-2H3,(H,18,19). The van der Waals surface area contributed by atoms with Gasteiger partial charge in [0.25, 0.3) is 0 Å². The van der Waals surface area contributed by atoms with Gasteiger partial charge in [0.05, 0.1) is 5.69 Å². The molecule has 2 N–H and O–H groups in total. The molecule has 0 saturated heterocycles. The molecule has 1 heterocycles. The predicted octanol–water partition coefficient (Wildman–Crippen LogP) is 4.73. The van der Waals surface area contributed by atoms with Crippen molar-refractivity contribution < 1.29 is 14.3 Å². The zero-order valence-electron chi connectivity index (χ0n) is 11.0. The van der Waals surface area contributed by atoms with Crippen molar-refractivity contribution in [3.05, 3.63) is 49.8 Å². The Bertz CT molecular complexity index is 641. The van der Waals surface area contributed by atoms with Crippen LogP contribution < -0.4 is 5.32 Å². The molecule has 0 atom stereocenters. The molecule has 20 heavy (non-hydrogen) atoms. The molecule has 0 bridgehead atoms. The Hall–Kier alpha value is -1.27. The van der Waals surface area contributed by atoms with Crippen molar-refractivity contribution in [3.8, 4) is 0 Å². The summed E-state index contributed by atoms with van der Waals surface area (Å²) in [5.41, 5.74) is 2.89. The lowest BCUT2D eigenvalue weighted by Gasteiger charge is -2.11. The molecule has 0 spiro atoms. The number of furan rings is 1. The largest absolute Gasteiger partial charge is 0.475 e. The van der Waals surface area contributed by atoms with E-state index in [1.54, 1.807) is 13.0 Å². The first kappa shape index (κ1) is 15.1. The molecule has 2 aromatic rings. The fourth-order valence-electron chi connectivity index (χ4n) is 1.85. The third-order valence-corrected chi connectivity index (χ3v) is 4.12. The number of benzene rings is 1. The monoisotopic (exact) mass is 401 g/mol. The zero-order chi connectivity index (χ0) is 14.9. The van der Waals surface area contributed by atoms with Crippen molar-refractivity contribution >= 4 is 43.5 Å². The Morgan fingerprint density at radius 3 is 2.35 bits per heavy atom. The molecule has 1 aromatic carbocycles. The van der Waals surface area contributed by atoms with Crippen LogP contribution in [0.2, 0.25) is 0 Å². The van der Waals surface area contributed by atoms with E-state index in [9.17, 15) is 4.79 Å². The molecule has 0 unspecified atom stereocenters. The van der Waals surface area contributed by atoms with E-state index in [1.165, 1.54) is 0 Å². The predicted molar refractivity (Wildman–Crippen MR) is 84.3 cm³/mol. The minimum absolute atomic E-state index is 0.0404. The Morgan fingerprint density at radius 2 is 1.85 bits per heavy atom. The van der Waals surface area contributed by atoms with E-state index in [0.29, 0.717) is 12.3 Å². The zero-order valence-corrected chi connectivity index (χ0v) is 14.1. The lowest BCUT2D eigenvalue weighted by atomic mass is 10.2. The second-order valence-electron chi connectivity index (χ2n) is 4.45. The molecule has 0 aliphatic heterocycles. The number of rotatable bonds is 4. The number of aryl methyl sites for hydroxylation is 2. The fourth-order valence-corrected chi connectivity index (χ4v) is 3.55. The van der Waals surface area contributed by atoms with E-state index in [0.717, 1.165) is 25.8 Å². The van der Waals surface area contributed by atoms with E-state index in [-0.39, 0.29) is 5.76 Å². The Kier molecular flexibility index (Phi) is 4.55. The third-order valence-electron chi connectivity index (χ3n) is 2.87. The topological polar surface area (TPSA) is 62.5 Å². The van der Waals surface area contributed by atoms with Crippen molar-refractivity contribution in [1.29, 1.82) is 0 Å². The maximum Gasteiger partial charge on any atom is 0.371 e. The highest BCUT2D eigenvalue weighted by Crippen LogP contribution is 2.33. The van der Waals surface area contributed by atoms with Gasteiger partial charge in [-0.2, -0.15) is 0 Å². The Labute approximate surface area is 133 Å². The van der Waals surface area contributed by atoms with Gasteiger partial charge in [-0.05, 0) is 69.5 Å². The van der Waals surface area contributed by atoms with Gasteiger partial charge in [0.2, 0.25) is 5.76 Å². The van der Waals surface area contributed by atoms with Gasteiger partial charge in [0.1, 0.15) is 5.76 Å². The van der Waals surface area contributed by atoms with E-state index in [1.807, 2.05) is 19.1 Å². The summed E-state index contributed by atoms with van der Waals surface area (Å²) in [4.78, 5) is 10.9. The number of nitrogens with one attached hydrogen (secondary N) is 1. The summed E-state index contributed by atoms with van der Waals surface area (Å²) in [6.07, 6.45) is 0. The minimum Gasteiger partial charge on any atom is -0.475 e. The summed E-state index contributed by atoms with van der Waals surface area (Å²) < 4.78 is 7.08. The van der Waals surface area contributed by atoms with Gasteiger partial charge in [-0.1, -0.05) is 0 Å². The lowest BCUT2D eigenvalue weighted by Crippen LogP contribution is -2.01. The first-order valence-electron chi connectivity index (χ1n) is 5.90. The molecule has 106 valence electrons. The van der Waals surface area contributed by atoms with E-state index >= 15 is 0 Å². The molecule has 0 aliphatic rings. The number of halogens is 2.